The first-order valence-electron chi connectivity index (χ1n) is 9.36. The fraction of sp³-hybridized carbons (Fsp3) is 0.348. The number of aryl methyl sites for hydroxylation is 1. The Morgan fingerprint density at radius 2 is 1.46 bits per heavy atom. The molecule has 0 amide bonds. The molecule has 2 N–H and O–H groups in total. The van der Waals surface area contributed by atoms with Gasteiger partial charge in [-0.05, 0) is 60.9 Å². The number of benzene rings is 2. The van der Waals surface area contributed by atoms with Crippen molar-refractivity contribution < 1.29 is 15.0 Å². The van der Waals surface area contributed by atoms with E-state index in [1.807, 2.05) is 12.1 Å². The van der Waals surface area contributed by atoms with E-state index < -0.39 is 5.97 Å². The van der Waals surface area contributed by atoms with E-state index in [4.69, 9.17) is 0 Å². The van der Waals surface area contributed by atoms with Gasteiger partial charge in [0.1, 0.15) is 5.75 Å². The molecule has 0 heterocycles. The number of phenolic OH excluding ortho intramolecular Hbond substituents is 1. The van der Waals surface area contributed by atoms with Gasteiger partial charge in [0.2, 0.25) is 0 Å². The van der Waals surface area contributed by atoms with Crippen molar-refractivity contribution in [2.24, 2.45) is 5.92 Å². The van der Waals surface area contributed by atoms with Crippen molar-refractivity contribution in [1.29, 1.82) is 0 Å². The van der Waals surface area contributed by atoms with E-state index in [0.29, 0.717) is 12.3 Å². The lowest BCUT2D eigenvalue weighted by Gasteiger charge is -2.21. The molecule has 0 saturated heterocycles. The number of rotatable bonds is 6. The second kappa shape index (κ2) is 8.22. The minimum Gasteiger partial charge on any atom is -0.508 e. The summed E-state index contributed by atoms with van der Waals surface area (Å²) in [6.07, 6.45) is 5.39. The zero-order valence-corrected chi connectivity index (χ0v) is 15.2. The van der Waals surface area contributed by atoms with Gasteiger partial charge < -0.3 is 10.2 Å². The van der Waals surface area contributed by atoms with E-state index in [-0.39, 0.29) is 12.2 Å². The summed E-state index contributed by atoms with van der Waals surface area (Å²) < 4.78 is 0. The molecule has 2 aromatic carbocycles. The number of aliphatic carboxylic acids is 1. The van der Waals surface area contributed by atoms with Crippen molar-refractivity contribution >= 4 is 11.5 Å². The van der Waals surface area contributed by atoms with Crippen LogP contribution in [0, 0.1) is 12.8 Å². The molecule has 1 aliphatic carbocycles. The first kappa shape index (κ1) is 18.2. The highest BCUT2D eigenvalue weighted by molar-refractivity contribution is 5.83. The van der Waals surface area contributed by atoms with E-state index in [2.05, 4.69) is 31.2 Å². The molecule has 1 fully saturated rings. The largest absolute Gasteiger partial charge is 0.508 e. The lowest BCUT2D eigenvalue weighted by Crippen LogP contribution is -2.07. The quantitative estimate of drug-likeness (QED) is 0.717. The van der Waals surface area contributed by atoms with Crippen LogP contribution in [0.4, 0.5) is 0 Å². The molecule has 26 heavy (non-hydrogen) atoms. The van der Waals surface area contributed by atoms with Gasteiger partial charge in [0.25, 0.3) is 0 Å². The summed E-state index contributed by atoms with van der Waals surface area (Å²) in [4.78, 5) is 11.2. The van der Waals surface area contributed by atoms with Crippen LogP contribution in [0.1, 0.15) is 55.2 Å². The fourth-order valence-electron chi connectivity index (χ4n) is 3.93. The Balaban J connectivity index is 2.15. The molecular weight excluding hydrogens is 324 g/mol. The third kappa shape index (κ3) is 4.34. The van der Waals surface area contributed by atoms with Crippen molar-refractivity contribution in [3.63, 3.8) is 0 Å². The standard InChI is InChI=1S/C23H26O3/c1-16-6-8-18(9-7-16)23(19-10-12-20(24)13-11-19)21(14-15-22(25)26)17-4-2-3-5-17/h6-13,17,24H,2-5,14-15H2,1H3,(H,25,26)/b23-21+. The molecule has 3 nitrogen and oxygen atoms in total. The van der Waals surface area contributed by atoms with Crippen molar-refractivity contribution in [3.05, 3.63) is 70.8 Å². The maximum absolute atomic E-state index is 11.2. The van der Waals surface area contributed by atoms with Crippen LogP contribution in [-0.2, 0) is 4.79 Å². The Bertz CT molecular complexity index is 732. The Labute approximate surface area is 155 Å². The maximum Gasteiger partial charge on any atom is 0.303 e. The van der Waals surface area contributed by atoms with E-state index in [1.165, 1.54) is 24.0 Å². The Kier molecular flexibility index (Phi) is 5.77. The molecule has 1 saturated carbocycles. The Hall–Kier alpha value is -2.55. The van der Waals surface area contributed by atoms with Gasteiger partial charge in [0.05, 0.1) is 0 Å². The van der Waals surface area contributed by atoms with Crippen LogP contribution in [0.5, 0.6) is 5.75 Å². The van der Waals surface area contributed by atoms with Crippen molar-refractivity contribution in [3.8, 4) is 5.75 Å². The minimum absolute atomic E-state index is 0.152. The minimum atomic E-state index is -0.755. The van der Waals surface area contributed by atoms with Crippen LogP contribution in [0.3, 0.4) is 0 Å². The number of carbonyl (C=O) groups is 1. The molecule has 3 heteroatoms. The van der Waals surface area contributed by atoms with Gasteiger partial charge in [0.15, 0.2) is 0 Å². The number of hydrogen-bond acceptors (Lipinski definition) is 2. The first-order chi connectivity index (χ1) is 12.5. The summed E-state index contributed by atoms with van der Waals surface area (Å²) in [5.74, 6) is -0.0705. The number of phenols is 1. The summed E-state index contributed by atoms with van der Waals surface area (Å²) in [5.41, 5.74) is 5.75. The average molecular weight is 350 g/mol. The van der Waals surface area contributed by atoms with Crippen LogP contribution in [0.2, 0.25) is 0 Å². The van der Waals surface area contributed by atoms with Gasteiger partial charge in [0, 0.05) is 6.42 Å². The van der Waals surface area contributed by atoms with Crippen LogP contribution in [0.25, 0.3) is 5.57 Å². The van der Waals surface area contributed by atoms with Gasteiger partial charge in [-0.2, -0.15) is 0 Å². The molecule has 0 atom stereocenters. The highest BCUT2D eigenvalue weighted by Crippen LogP contribution is 2.40. The number of allylic oxidation sites excluding steroid dienone is 1. The second-order valence-electron chi connectivity index (χ2n) is 7.19. The zero-order valence-electron chi connectivity index (χ0n) is 15.2. The van der Waals surface area contributed by atoms with Crippen molar-refractivity contribution in [2.45, 2.75) is 45.4 Å². The molecule has 2 aromatic rings. The molecule has 0 bridgehead atoms. The van der Waals surface area contributed by atoms with Crippen molar-refractivity contribution in [2.75, 3.05) is 0 Å². The van der Waals surface area contributed by atoms with Gasteiger partial charge in [-0.1, -0.05) is 60.4 Å². The third-order valence-electron chi connectivity index (χ3n) is 5.27. The summed E-state index contributed by atoms with van der Waals surface area (Å²) in [6.45, 7) is 2.07. The van der Waals surface area contributed by atoms with E-state index in [0.717, 1.165) is 29.5 Å². The monoisotopic (exact) mass is 350 g/mol. The Morgan fingerprint density at radius 1 is 0.923 bits per heavy atom. The van der Waals surface area contributed by atoms with Gasteiger partial charge >= 0.3 is 5.97 Å². The van der Waals surface area contributed by atoms with E-state index >= 15 is 0 Å². The molecule has 1 aliphatic rings. The highest BCUT2D eigenvalue weighted by atomic mass is 16.4. The summed E-state index contributed by atoms with van der Waals surface area (Å²) in [5, 5.41) is 18.9. The number of aromatic hydroxyl groups is 1. The van der Waals surface area contributed by atoms with E-state index in [9.17, 15) is 15.0 Å². The fourth-order valence-corrected chi connectivity index (χ4v) is 3.93. The topological polar surface area (TPSA) is 57.5 Å². The first-order valence-corrected chi connectivity index (χ1v) is 9.36. The molecule has 0 radical (unpaired) electrons. The summed E-state index contributed by atoms with van der Waals surface area (Å²) in [6, 6.07) is 15.7. The van der Waals surface area contributed by atoms with Crippen molar-refractivity contribution in [1.82, 2.24) is 0 Å². The zero-order chi connectivity index (χ0) is 18.5. The maximum atomic E-state index is 11.2. The number of carboxylic acid groups (broad SMARTS) is 1. The second-order valence-corrected chi connectivity index (χ2v) is 7.19. The van der Waals surface area contributed by atoms with Crippen LogP contribution >= 0.6 is 0 Å². The molecule has 0 aliphatic heterocycles. The Morgan fingerprint density at radius 3 is 2.00 bits per heavy atom. The van der Waals surface area contributed by atoms with Gasteiger partial charge in [-0.3, -0.25) is 4.79 Å². The number of carboxylic acids is 1. The lowest BCUT2D eigenvalue weighted by atomic mass is 9.83. The third-order valence-corrected chi connectivity index (χ3v) is 5.27. The summed E-state index contributed by atoms with van der Waals surface area (Å²) >= 11 is 0. The number of hydrogen-bond donors (Lipinski definition) is 2. The molecule has 0 unspecified atom stereocenters. The summed E-state index contributed by atoms with van der Waals surface area (Å²) in [7, 11) is 0. The predicted molar refractivity (Wildman–Crippen MR) is 104 cm³/mol. The highest BCUT2D eigenvalue weighted by Gasteiger charge is 2.24. The van der Waals surface area contributed by atoms with Crippen LogP contribution < -0.4 is 0 Å². The molecule has 3 rings (SSSR count). The molecule has 0 aromatic heterocycles. The lowest BCUT2D eigenvalue weighted by molar-refractivity contribution is -0.136. The molecule has 0 spiro atoms. The smallest absolute Gasteiger partial charge is 0.303 e. The SMILES string of the molecule is Cc1ccc(/C(=C(/CCC(=O)O)C2CCCC2)c2ccc(O)cc2)cc1. The normalized spacial score (nSPS) is 15.7. The average Bonchev–Trinajstić information content (AvgIpc) is 3.15. The predicted octanol–water partition coefficient (Wildman–Crippen LogP) is 5.56. The molecule has 136 valence electrons. The van der Waals surface area contributed by atoms with Gasteiger partial charge in [-0.15, -0.1) is 0 Å². The van der Waals surface area contributed by atoms with Crippen LogP contribution in [-0.4, -0.2) is 16.2 Å². The van der Waals surface area contributed by atoms with E-state index in [1.54, 1.807) is 12.1 Å². The molecular formula is C23H26O3. The van der Waals surface area contributed by atoms with Crippen LogP contribution in [0.15, 0.2) is 54.1 Å². The van der Waals surface area contributed by atoms with Gasteiger partial charge in [-0.25, -0.2) is 0 Å².